The van der Waals surface area contributed by atoms with Gasteiger partial charge in [-0.1, -0.05) is 13.8 Å². The summed E-state index contributed by atoms with van der Waals surface area (Å²) >= 11 is 1.67. The van der Waals surface area contributed by atoms with Crippen LogP contribution in [0.1, 0.15) is 26.7 Å². The molecule has 0 saturated carbocycles. The zero-order valence-electron chi connectivity index (χ0n) is 8.58. The fraction of sp³-hybridized carbons (Fsp3) is 0.778. The fourth-order valence-electron chi connectivity index (χ4n) is 0.914. The number of hydrogen-bond acceptors (Lipinski definition) is 3. The standard InChI is InChI=1S/C9H17NO3S/c1-3-7(9(12)13)10-8(11)5-6-14-4-2/h7H,3-6H2,1-2H3,(H,10,11)(H,12,13). The first-order chi connectivity index (χ1) is 6.61. The lowest BCUT2D eigenvalue weighted by atomic mass is 10.2. The van der Waals surface area contributed by atoms with Crippen molar-refractivity contribution in [3.05, 3.63) is 0 Å². The molecule has 2 N–H and O–H groups in total. The number of amides is 1. The Bertz CT molecular complexity index is 196. The molecular formula is C9H17NO3S. The van der Waals surface area contributed by atoms with Gasteiger partial charge in [0.05, 0.1) is 0 Å². The van der Waals surface area contributed by atoms with Crippen LogP contribution in [0.4, 0.5) is 0 Å². The van der Waals surface area contributed by atoms with Crippen LogP contribution in [0.5, 0.6) is 0 Å². The van der Waals surface area contributed by atoms with Crippen molar-refractivity contribution in [1.29, 1.82) is 0 Å². The molecule has 0 aliphatic rings. The summed E-state index contributed by atoms with van der Waals surface area (Å²) in [6, 6.07) is -0.742. The van der Waals surface area contributed by atoms with Gasteiger partial charge >= 0.3 is 5.97 Å². The van der Waals surface area contributed by atoms with Gasteiger partial charge < -0.3 is 10.4 Å². The van der Waals surface area contributed by atoms with Crippen molar-refractivity contribution in [2.75, 3.05) is 11.5 Å². The SMILES string of the molecule is CCSCCC(=O)NC(CC)C(=O)O. The molecule has 0 aromatic carbocycles. The molecule has 1 amide bonds. The summed E-state index contributed by atoms with van der Waals surface area (Å²) in [5, 5.41) is 11.1. The highest BCUT2D eigenvalue weighted by Crippen LogP contribution is 2.01. The molecule has 0 aliphatic heterocycles. The molecule has 1 unspecified atom stereocenters. The Balaban J connectivity index is 3.74. The number of carbonyl (C=O) groups excluding carboxylic acids is 1. The summed E-state index contributed by atoms with van der Waals surface area (Å²) in [5.74, 6) is 0.575. The molecule has 82 valence electrons. The Morgan fingerprint density at radius 1 is 1.43 bits per heavy atom. The maximum absolute atomic E-state index is 11.2. The van der Waals surface area contributed by atoms with Crippen molar-refractivity contribution < 1.29 is 14.7 Å². The average molecular weight is 219 g/mol. The Kier molecular flexibility index (Phi) is 7.28. The highest BCUT2D eigenvalue weighted by Gasteiger charge is 2.16. The van der Waals surface area contributed by atoms with E-state index >= 15 is 0 Å². The summed E-state index contributed by atoms with van der Waals surface area (Å²) < 4.78 is 0. The van der Waals surface area contributed by atoms with E-state index in [1.165, 1.54) is 0 Å². The largest absolute Gasteiger partial charge is 0.480 e. The van der Waals surface area contributed by atoms with Gasteiger partial charge in [0.1, 0.15) is 6.04 Å². The van der Waals surface area contributed by atoms with E-state index in [9.17, 15) is 9.59 Å². The molecule has 0 saturated heterocycles. The number of carboxylic acids is 1. The number of rotatable bonds is 7. The Morgan fingerprint density at radius 3 is 2.50 bits per heavy atom. The Hall–Kier alpha value is -0.710. The van der Waals surface area contributed by atoms with E-state index in [0.29, 0.717) is 12.8 Å². The predicted octanol–water partition coefficient (Wildman–Crippen LogP) is 1.11. The minimum absolute atomic E-state index is 0.180. The van der Waals surface area contributed by atoms with E-state index in [4.69, 9.17) is 5.11 Å². The van der Waals surface area contributed by atoms with Crippen LogP contribution in [0.25, 0.3) is 0 Å². The summed E-state index contributed by atoms with van der Waals surface area (Å²) in [5.41, 5.74) is 0. The quantitative estimate of drug-likeness (QED) is 0.629. The second-order valence-electron chi connectivity index (χ2n) is 2.81. The molecule has 5 heteroatoms. The van der Waals surface area contributed by atoms with Gasteiger partial charge in [-0.15, -0.1) is 0 Å². The summed E-state index contributed by atoms with van der Waals surface area (Å²) in [6.07, 6.45) is 0.810. The van der Waals surface area contributed by atoms with Crippen LogP contribution >= 0.6 is 11.8 Å². The molecule has 0 bridgehead atoms. The van der Waals surface area contributed by atoms with Crippen LogP contribution in [0.3, 0.4) is 0 Å². The summed E-state index contributed by atoms with van der Waals surface area (Å²) in [7, 11) is 0. The molecule has 4 nitrogen and oxygen atoms in total. The first-order valence-corrected chi connectivity index (χ1v) is 5.87. The minimum Gasteiger partial charge on any atom is -0.480 e. The highest BCUT2D eigenvalue weighted by atomic mass is 32.2. The van der Waals surface area contributed by atoms with Crippen LogP contribution in [-0.4, -0.2) is 34.5 Å². The molecular weight excluding hydrogens is 202 g/mol. The van der Waals surface area contributed by atoms with Crippen molar-refractivity contribution in [3.63, 3.8) is 0 Å². The summed E-state index contributed by atoms with van der Waals surface area (Å²) in [6.45, 7) is 3.76. The number of nitrogens with one attached hydrogen (secondary N) is 1. The molecule has 1 atom stereocenters. The van der Waals surface area contributed by atoms with Gasteiger partial charge in [-0.2, -0.15) is 11.8 Å². The minimum atomic E-state index is -0.969. The van der Waals surface area contributed by atoms with Crippen LogP contribution in [0, 0.1) is 0 Å². The van der Waals surface area contributed by atoms with E-state index in [0.717, 1.165) is 11.5 Å². The zero-order chi connectivity index (χ0) is 11.0. The number of carboxylic acid groups (broad SMARTS) is 1. The van der Waals surface area contributed by atoms with E-state index in [1.807, 2.05) is 6.92 Å². The second-order valence-corrected chi connectivity index (χ2v) is 4.21. The van der Waals surface area contributed by atoms with E-state index in [2.05, 4.69) is 5.32 Å². The van der Waals surface area contributed by atoms with Crippen molar-refractivity contribution in [3.8, 4) is 0 Å². The lowest BCUT2D eigenvalue weighted by Gasteiger charge is -2.11. The van der Waals surface area contributed by atoms with Gasteiger partial charge in [0.15, 0.2) is 0 Å². The smallest absolute Gasteiger partial charge is 0.326 e. The first-order valence-electron chi connectivity index (χ1n) is 4.71. The molecule has 14 heavy (non-hydrogen) atoms. The fourth-order valence-corrected chi connectivity index (χ4v) is 1.53. The lowest BCUT2D eigenvalue weighted by molar-refractivity contribution is -0.141. The summed E-state index contributed by atoms with van der Waals surface area (Å²) in [4.78, 5) is 21.8. The third-order valence-corrected chi connectivity index (χ3v) is 2.62. The lowest BCUT2D eigenvalue weighted by Crippen LogP contribution is -2.40. The monoisotopic (exact) mass is 219 g/mol. The van der Waals surface area contributed by atoms with E-state index < -0.39 is 12.0 Å². The van der Waals surface area contributed by atoms with Gasteiger partial charge in [-0.3, -0.25) is 4.79 Å². The van der Waals surface area contributed by atoms with Crippen LogP contribution in [-0.2, 0) is 9.59 Å². The van der Waals surface area contributed by atoms with Crippen molar-refractivity contribution in [2.45, 2.75) is 32.7 Å². The normalized spacial score (nSPS) is 12.1. The molecule has 0 aromatic rings. The van der Waals surface area contributed by atoms with Crippen molar-refractivity contribution in [1.82, 2.24) is 5.32 Å². The van der Waals surface area contributed by atoms with Gasteiger partial charge in [0, 0.05) is 12.2 Å². The maximum atomic E-state index is 11.2. The van der Waals surface area contributed by atoms with E-state index in [1.54, 1.807) is 18.7 Å². The Morgan fingerprint density at radius 2 is 2.07 bits per heavy atom. The number of carbonyl (C=O) groups is 2. The highest BCUT2D eigenvalue weighted by molar-refractivity contribution is 7.99. The number of aliphatic carboxylic acids is 1. The molecule has 0 fully saturated rings. The zero-order valence-corrected chi connectivity index (χ0v) is 9.39. The average Bonchev–Trinajstić information content (AvgIpc) is 2.14. The molecule has 0 spiro atoms. The van der Waals surface area contributed by atoms with E-state index in [-0.39, 0.29) is 5.91 Å². The molecule has 0 rings (SSSR count). The second kappa shape index (κ2) is 7.67. The third-order valence-electron chi connectivity index (χ3n) is 1.72. The molecule has 0 aliphatic carbocycles. The van der Waals surface area contributed by atoms with Gasteiger partial charge in [-0.05, 0) is 12.2 Å². The van der Waals surface area contributed by atoms with Gasteiger partial charge in [0.25, 0.3) is 0 Å². The Labute approximate surface area is 88.4 Å². The van der Waals surface area contributed by atoms with Gasteiger partial charge in [-0.25, -0.2) is 4.79 Å². The first kappa shape index (κ1) is 13.3. The van der Waals surface area contributed by atoms with Crippen LogP contribution in [0.2, 0.25) is 0 Å². The maximum Gasteiger partial charge on any atom is 0.326 e. The molecule has 0 aromatic heterocycles. The van der Waals surface area contributed by atoms with Crippen molar-refractivity contribution >= 4 is 23.6 Å². The predicted molar refractivity (Wildman–Crippen MR) is 57.5 cm³/mol. The number of thioether (sulfide) groups is 1. The molecule has 0 radical (unpaired) electrons. The van der Waals surface area contributed by atoms with Crippen molar-refractivity contribution in [2.24, 2.45) is 0 Å². The third kappa shape index (κ3) is 5.85. The van der Waals surface area contributed by atoms with Crippen LogP contribution in [0.15, 0.2) is 0 Å². The molecule has 0 heterocycles. The topological polar surface area (TPSA) is 66.4 Å². The number of hydrogen-bond donors (Lipinski definition) is 2. The van der Waals surface area contributed by atoms with Crippen LogP contribution < -0.4 is 5.32 Å². The van der Waals surface area contributed by atoms with Gasteiger partial charge in [0.2, 0.25) is 5.91 Å².